The van der Waals surface area contributed by atoms with Gasteiger partial charge < -0.3 is 19.2 Å². The van der Waals surface area contributed by atoms with Gasteiger partial charge in [-0.25, -0.2) is 29.8 Å². The van der Waals surface area contributed by atoms with Crippen LogP contribution in [0.1, 0.15) is 56.7 Å². The minimum atomic E-state index is -3.75. The van der Waals surface area contributed by atoms with Crippen LogP contribution in [-0.4, -0.2) is 73.5 Å². The molecule has 0 saturated carbocycles. The third kappa shape index (κ3) is 6.02. The number of sulfone groups is 1. The molecule has 3 aromatic rings. The number of carbonyl (C=O) groups excluding carboxylic acids is 1. The zero-order valence-electron chi connectivity index (χ0n) is 24.3. The van der Waals surface area contributed by atoms with Crippen molar-refractivity contribution in [3.63, 3.8) is 0 Å². The Hall–Kier alpha value is -3.46. The number of anilines is 1. The van der Waals surface area contributed by atoms with Crippen molar-refractivity contribution in [1.82, 2.24) is 14.9 Å². The monoisotopic (exact) mass is 611 g/mol. The fourth-order valence-electron chi connectivity index (χ4n) is 5.64. The largest absolute Gasteiger partial charge is 0.444 e. The van der Waals surface area contributed by atoms with Crippen molar-refractivity contribution in [1.29, 1.82) is 0 Å². The lowest BCUT2D eigenvalue weighted by molar-refractivity contribution is -0.0181. The Bertz CT molecular complexity index is 1680. The number of fused-ring (bicyclic) bond motifs is 2. The van der Waals surface area contributed by atoms with Crippen molar-refractivity contribution < 1.29 is 22.7 Å². The fraction of sp³-hybridized carbons (Fsp3) is 0.467. The molecule has 0 N–H and O–H groups in total. The highest BCUT2D eigenvalue weighted by Crippen LogP contribution is 2.43. The minimum absolute atomic E-state index is 0.0674. The lowest BCUT2D eigenvalue weighted by atomic mass is 9.92. The molecule has 1 amide bonds. The summed E-state index contributed by atoms with van der Waals surface area (Å²) in [6.07, 6.45) is 0.0516. The van der Waals surface area contributed by atoms with Crippen LogP contribution in [0.4, 0.5) is 10.6 Å². The topological polar surface area (TPSA) is 106 Å². The van der Waals surface area contributed by atoms with Gasteiger partial charge in [0.15, 0.2) is 0 Å². The summed E-state index contributed by atoms with van der Waals surface area (Å²) in [5.74, 6) is 0.446. The molecule has 3 atom stereocenters. The Morgan fingerprint density at radius 1 is 1.19 bits per heavy atom. The van der Waals surface area contributed by atoms with E-state index in [-0.39, 0.29) is 24.8 Å². The van der Waals surface area contributed by atoms with Crippen LogP contribution in [-0.2, 0) is 25.7 Å². The number of halogens is 1. The first-order chi connectivity index (χ1) is 19.8. The molecule has 2 aromatic carbocycles. The van der Waals surface area contributed by atoms with E-state index in [4.69, 9.17) is 27.6 Å². The average Bonchev–Trinajstić information content (AvgIpc) is 2.91. The molecule has 2 unspecified atom stereocenters. The number of hydrogen-bond donors (Lipinski definition) is 0. The molecule has 0 aliphatic carbocycles. The van der Waals surface area contributed by atoms with Crippen molar-refractivity contribution >= 4 is 44.1 Å². The zero-order chi connectivity index (χ0) is 30.4. The molecule has 1 saturated heterocycles. The Morgan fingerprint density at radius 3 is 2.57 bits per heavy atom. The summed E-state index contributed by atoms with van der Waals surface area (Å²) >= 11 is 6.61. The van der Waals surface area contributed by atoms with Crippen LogP contribution in [0, 0.1) is 6.57 Å². The van der Waals surface area contributed by atoms with Crippen molar-refractivity contribution in [2.45, 2.75) is 63.1 Å². The number of piperazine rings is 1. The van der Waals surface area contributed by atoms with Gasteiger partial charge in [0, 0.05) is 48.3 Å². The second-order valence-electron chi connectivity index (χ2n) is 11.7. The lowest BCUT2D eigenvalue weighted by Crippen LogP contribution is -2.57. The van der Waals surface area contributed by atoms with E-state index in [1.165, 1.54) is 0 Å². The summed E-state index contributed by atoms with van der Waals surface area (Å²) < 4.78 is 37.6. The van der Waals surface area contributed by atoms with Gasteiger partial charge in [0.05, 0.1) is 17.9 Å². The second kappa shape index (κ2) is 11.3. The Labute approximate surface area is 251 Å². The van der Waals surface area contributed by atoms with E-state index >= 15 is 0 Å². The predicted octanol–water partition coefficient (Wildman–Crippen LogP) is 5.41. The number of aromatic nitrogens is 2. The van der Waals surface area contributed by atoms with Gasteiger partial charge in [-0.15, -0.1) is 0 Å². The number of ether oxygens (including phenoxy) is 2. The van der Waals surface area contributed by atoms with Crippen LogP contribution in [0.15, 0.2) is 41.6 Å². The second-order valence-corrected chi connectivity index (χ2v) is 14.0. The molecule has 2 aliphatic rings. The van der Waals surface area contributed by atoms with Crippen LogP contribution in [0.3, 0.4) is 0 Å². The standard InChI is InChI=1S/C30H34ClN5O5S/c1-18-25-23(15-24(40-18)21-11-7-9-19-10-8-12-22(31)26(19)21)33-28(42(6,38)39)34-27(25)35-13-14-36(20(17-35)16-32-5)29(37)41-30(2,3)4/h7-12,18,20,24H,13-17H2,1-4,6H3/t18?,20-,24?/m0/s1. The molecule has 1 aromatic heterocycles. The highest BCUT2D eigenvalue weighted by molar-refractivity contribution is 7.90. The molecule has 0 spiro atoms. The van der Waals surface area contributed by atoms with Crippen LogP contribution >= 0.6 is 11.6 Å². The third-order valence-corrected chi connectivity index (χ3v) is 8.58. The Morgan fingerprint density at radius 2 is 1.90 bits per heavy atom. The summed E-state index contributed by atoms with van der Waals surface area (Å²) in [5.41, 5.74) is 1.52. The van der Waals surface area contributed by atoms with E-state index in [2.05, 4.69) is 14.8 Å². The van der Waals surface area contributed by atoms with Crippen molar-refractivity contribution in [3.05, 3.63) is 69.7 Å². The normalized spacial score (nSPS) is 21.1. The predicted molar refractivity (Wildman–Crippen MR) is 160 cm³/mol. The first kappa shape index (κ1) is 30.0. The SMILES string of the molecule is [C-]#[N+]C[C@H]1CN(c2nc(S(C)(=O)=O)nc3c2C(C)OC(c2cccc4cccc(Cl)c24)C3)CCN1C(=O)OC(C)(C)C. The molecule has 0 radical (unpaired) electrons. The summed E-state index contributed by atoms with van der Waals surface area (Å²) in [5, 5.41) is 2.21. The van der Waals surface area contributed by atoms with Gasteiger partial charge in [-0.1, -0.05) is 41.9 Å². The number of rotatable bonds is 4. The summed E-state index contributed by atoms with van der Waals surface area (Å²) in [4.78, 5) is 29.1. The maximum Gasteiger partial charge on any atom is 0.410 e. The summed E-state index contributed by atoms with van der Waals surface area (Å²) in [6.45, 7) is 15.8. The van der Waals surface area contributed by atoms with E-state index in [0.29, 0.717) is 35.1 Å². The third-order valence-electron chi connectivity index (χ3n) is 7.41. The van der Waals surface area contributed by atoms with Gasteiger partial charge in [-0.2, -0.15) is 0 Å². The van der Waals surface area contributed by atoms with Gasteiger partial charge in [-0.3, -0.25) is 4.90 Å². The zero-order valence-corrected chi connectivity index (χ0v) is 25.9. The molecule has 42 heavy (non-hydrogen) atoms. The molecule has 5 rings (SSSR count). The van der Waals surface area contributed by atoms with Crippen LogP contribution in [0.25, 0.3) is 15.6 Å². The Balaban J connectivity index is 1.54. The fourth-order valence-corrected chi connectivity index (χ4v) is 6.46. The number of amides is 1. The molecule has 3 heterocycles. The quantitative estimate of drug-likeness (QED) is 0.285. The smallest absolute Gasteiger partial charge is 0.410 e. The lowest BCUT2D eigenvalue weighted by Gasteiger charge is -2.42. The van der Waals surface area contributed by atoms with Crippen LogP contribution in [0.2, 0.25) is 5.02 Å². The van der Waals surface area contributed by atoms with Crippen molar-refractivity contribution in [2.24, 2.45) is 0 Å². The maximum atomic E-state index is 12.9. The van der Waals surface area contributed by atoms with Crippen LogP contribution in [0.5, 0.6) is 0 Å². The van der Waals surface area contributed by atoms with Gasteiger partial charge in [0.25, 0.3) is 0 Å². The highest BCUT2D eigenvalue weighted by Gasteiger charge is 2.39. The molecule has 1 fully saturated rings. The van der Waals surface area contributed by atoms with Gasteiger partial charge in [-0.05, 0) is 44.7 Å². The van der Waals surface area contributed by atoms with E-state index < -0.39 is 39.8 Å². The molecule has 0 bridgehead atoms. The van der Waals surface area contributed by atoms with E-state index in [1.807, 2.05) is 48.2 Å². The first-order valence-corrected chi connectivity index (χ1v) is 16.0. The van der Waals surface area contributed by atoms with E-state index in [0.717, 1.165) is 22.6 Å². The molecule has 10 nitrogen and oxygen atoms in total. The molecule has 2 aliphatic heterocycles. The van der Waals surface area contributed by atoms with Gasteiger partial charge >= 0.3 is 6.09 Å². The molecule has 222 valence electrons. The highest BCUT2D eigenvalue weighted by atomic mass is 35.5. The van der Waals surface area contributed by atoms with E-state index in [1.54, 1.807) is 25.7 Å². The van der Waals surface area contributed by atoms with Gasteiger partial charge in [0.2, 0.25) is 21.5 Å². The van der Waals surface area contributed by atoms with Gasteiger partial charge in [0.1, 0.15) is 17.5 Å². The van der Waals surface area contributed by atoms with Crippen LogP contribution < -0.4 is 4.90 Å². The maximum absolute atomic E-state index is 12.9. The minimum Gasteiger partial charge on any atom is -0.444 e. The number of hydrogen-bond acceptors (Lipinski definition) is 8. The first-order valence-electron chi connectivity index (χ1n) is 13.8. The molecule has 12 heteroatoms. The molecular formula is C30H34ClN5O5S. The van der Waals surface area contributed by atoms with Crippen molar-refractivity contribution in [3.8, 4) is 0 Å². The Kier molecular flexibility index (Phi) is 8.09. The van der Waals surface area contributed by atoms with Crippen molar-refractivity contribution in [2.75, 3.05) is 37.3 Å². The number of nitrogens with zero attached hydrogens (tertiary/aromatic N) is 5. The number of benzene rings is 2. The van der Waals surface area contributed by atoms with E-state index in [9.17, 15) is 13.2 Å². The summed E-state index contributed by atoms with van der Waals surface area (Å²) in [6, 6.07) is 11.2. The number of carbonyl (C=O) groups is 1. The summed E-state index contributed by atoms with van der Waals surface area (Å²) in [7, 11) is -3.75. The molecular weight excluding hydrogens is 578 g/mol. The average molecular weight is 612 g/mol.